The fourth-order valence-corrected chi connectivity index (χ4v) is 2.77. The Morgan fingerprint density at radius 3 is 2.70 bits per heavy atom. The second-order valence-corrected chi connectivity index (χ2v) is 5.55. The van der Waals surface area contributed by atoms with Crippen molar-refractivity contribution in [1.29, 1.82) is 0 Å². The van der Waals surface area contributed by atoms with Crippen LogP contribution in [0.1, 0.15) is 12.5 Å². The summed E-state index contributed by atoms with van der Waals surface area (Å²) < 4.78 is 1.71. The van der Waals surface area contributed by atoms with Crippen LogP contribution >= 0.6 is 0 Å². The van der Waals surface area contributed by atoms with E-state index >= 15 is 0 Å². The highest BCUT2D eigenvalue weighted by Gasteiger charge is 2.20. The van der Waals surface area contributed by atoms with E-state index in [9.17, 15) is 4.79 Å². The zero-order valence-corrected chi connectivity index (χ0v) is 13.4. The number of nitrogens with zero attached hydrogens (tertiary/aromatic N) is 5. The normalized spacial score (nSPS) is 15.6. The van der Waals surface area contributed by atoms with E-state index in [-0.39, 0.29) is 6.03 Å². The third-order valence-corrected chi connectivity index (χ3v) is 4.19. The number of benzene rings is 1. The van der Waals surface area contributed by atoms with Gasteiger partial charge in [-0.2, -0.15) is 5.10 Å². The Kier molecular flexibility index (Phi) is 4.87. The van der Waals surface area contributed by atoms with Gasteiger partial charge >= 0.3 is 6.03 Å². The number of hydrogen-bond acceptors (Lipinski definition) is 4. The van der Waals surface area contributed by atoms with E-state index in [4.69, 9.17) is 0 Å². The highest BCUT2D eigenvalue weighted by atomic mass is 16.2. The number of nitrogens with one attached hydrogen (secondary N) is 1. The number of para-hydroxylation sites is 1. The molecule has 1 aromatic carbocycles. The molecular weight excluding hydrogens is 292 g/mol. The zero-order valence-electron chi connectivity index (χ0n) is 13.4. The van der Waals surface area contributed by atoms with Crippen molar-refractivity contribution in [3.05, 3.63) is 42.5 Å². The number of carbonyl (C=O) groups excluding carboxylic acids is 1. The highest BCUT2D eigenvalue weighted by Crippen LogP contribution is 2.13. The summed E-state index contributed by atoms with van der Waals surface area (Å²) >= 11 is 0. The fraction of sp³-hybridized carbons (Fsp3) is 0.438. The van der Waals surface area contributed by atoms with Gasteiger partial charge in [-0.3, -0.25) is 0 Å². The third kappa shape index (κ3) is 3.68. The Morgan fingerprint density at radius 1 is 1.22 bits per heavy atom. The lowest BCUT2D eigenvalue weighted by molar-refractivity contribution is 0.142. The first-order valence-electron chi connectivity index (χ1n) is 7.96. The first kappa shape index (κ1) is 15.5. The number of urea groups is 1. The minimum absolute atomic E-state index is 0.00542. The molecule has 0 aliphatic carbocycles. The van der Waals surface area contributed by atoms with Crippen molar-refractivity contribution in [2.45, 2.75) is 13.5 Å². The standard InChI is InChI=1S/C16H22N6O/c1-2-20-7-9-21(10-8-20)16(23)18-11-14-5-3-4-6-15(14)22-13-17-12-19-22/h3-6,12-13H,2,7-11H2,1H3,(H,18,23). The van der Waals surface area contributed by atoms with Crippen LogP contribution in [0.2, 0.25) is 0 Å². The molecule has 0 bridgehead atoms. The molecule has 1 fully saturated rings. The predicted molar refractivity (Wildman–Crippen MR) is 87.3 cm³/mol. The quantitative estimate of drug-likeness (QED) is 0.918. The summed E-state index contributed by atoms with van der Waals surface area (Å²) in [6, 6.07) is 7.87. The molecule has 0 spiro atoms. The van der Waals surface area contributed by atoms with Crippen molar-refractivity contribution in [1.82, 2.24) is 29.9 Å². The van der Waals surface area contributed by atoms with Crippen LogP contribution in [0, 0.1) is 0 Å². The van der Waals surface area contributed by atoms with Crippen LogP contribution < -0.4 is 5.32 Å². The Balaban J connectivity index is 1.60. The Morgan fingerprint density at radius 2 is 2.00 bits per heavy atom. The average Bonchev–Trinajstić information content (AvgIpc) is 3.14. The summed E-state index contributed by atoms with van der Waals surface area (Å²) in [5, 5.41) is 7.17. The van der Waals surface area contributed by atoms with Gasteiger partial charge in [0.15, 0.2) is 0 Å². The van der Waals surface area contributed by atoms with Crippen molar-refractivity contribution in [3.8, 4) is 5.69 Å². The molecule has 23 heavy (non-hydrogen) atoms. The lowest BCUT2D eigenvalue weighted by Gasteiger charge is -2.34. The minimum Gasteiger partial charge on any atom is -0.334 e. The zero-order chi connectivity index (χ0) is 16.1. The number of rotatable bonds is 4. The molecule has 1 N–H and O–H groups in total. The van der Waals surface area contributed by atoms with Gasteiger partial charge in [0.05, 0.1) is 5.69 Å². The summed E-state index contributed by atoms with van der Waals surface area (Å²) in [4.78, 5) is 20.5. The Labute approximate surface area is 135 Å². The number of aromatic nitrogens is 3. The van der Waals surface area contributed by atoms with E-state index in [1.807, 2.05) is 29.2 Å². The van der Waals surface area contributed by atoms with Crippen LogP contribution in [0.25, 0.3) is 5.69 Å². The van der Waals surface area contributed by atoms with E-state index in [1.165, 1.54) is 6.33 Å². The highest BCUT2D eigenvalue weighted by molar-refractivity contribution is 5.74. The maximum Gasteiger partial charge on any atom is 0.317 e. The lowest BCUT2D eigenvalue weighted by atomic mass is 10.2. The topological polar surface area (TPSA) is 66.3 Å². The molecule has 7 nitrogen and oxygen atoms in total. The third-order valence-electron chi connectivity index (χ3n) is 4.19. The van der Waals surface area contributed by atoms with E-state index in [2.05, 4.69) is 27.2 Å². The molecule has 1 saturated heterocycles. The van der Waals surface area contributed by atoms with Gasteiger partial charge in [0.25, 0.3) is 0 Å². The molecule has 1 aliphatic rings. The Bertz CT molecular complexity index is 634. The van der Waals surface area contributed by atoms with Crippen LogP contribution in [0.5, 0.6) is 0 Å². The molecule has 0 saturated carbocycles. The van der Waals surface area contributed by atoms with E-state index in [1.54, 1.807) is 11.0 Å². The summed E-state index contributed by atoms with van der Waals surface area (Å²) in [6.45, 7) is 7.12. The van der Waals surface area contributed by atoms with E-state index in [0.717, 1.165) is 44.0 Å². The van der Waals surface area contributed by atoms with Crippen LogP contribution in [-0.2, 0) is 6.54 Å². The number of piperazine rings is 1. The van der Waals surface area contributed by atoms with E-state index in [0.29, 0.717) is 6.54 Å². The first-order valence-corrected chi connectivity index (χ1v) is 7.96. The van der Waals surface area contributed by atoms with Crippen LogP contribution in [0.3, 0.4) is 0 Å². The first-order chi connectivity index (χ1) is 11.3. The van der Waals surface area contributed by atoms with E-state index < -0.39 is 0 Å². The molecule has 0 atom stereocenters. The smallest absolute Gasteiger partial charge is 0.317 e. The van der Waals surface area contributed by atoms with Crippen LogP contribution in [0.15, 0.2) is 36.9 Å². The Hall–Kier alpha value is -2.41. The van der Waals surface area contributed by atoms with Crippen LogP contribution in [0.4, 0.5) is 4.79 Å². The number of amides is 2. The molecule has 0 radical (unpaired) electrons. The number of likely N-dealkylation sites (N-methyl/N-ethyl adjacent to an activating group) is 1. The summed E-state index contributed by atoms with van der Waals surface area (Å²) in [6.07, 6.45) is 3.16. The van der Waals surface area contributed by atoms with Gasteiger partial charge in [-0.25, -0.2) is 14.5 Å². The molecule has 1 aliphatic heterocycles. The monoisotopic (exact) mass is 314 g/mol. The average molecular weight is 314 g/mol. The minimum atomic E-state index is -0.00542. The predicted octanol–water partition coefficient (Wildman–Crippen LogP) is 1.11. The van der Waals surface area contributed by atoms with Gasteiger partial charge in [0.1, 0.15) is 12.7 Å². The van der Waals surface area contributed by atoms with Crippen molar-refractivity contribution in [2.75, 3.05) is 32.7 Å². The molecule has 3 rings (SSSR count). The molecular formula is C16H22N6O. The van der Waals surface area contributed by atoms with Gasteiger partial charge in [0, 0.05) is 32.7 Å². The summed E-state index contributed by atoms with van der Waals surface area (Å²) in [5.41, 5.74) is 1.94. The summed E-state index contributed by atoms with van der Waals surface area (Å²) in [5.74, 6) is 0. The maximum absolute atomic E-state index is 12.3. The van der Waals surface area contributed by atoms with Crippen molar-refractivity contribution in [2.24, 2.45) is 0 Å². The molecule has 2 amide bonds. The molecule has 2 heterocycles. The van der Waals surface area contributed by atoms with Crippen molar-refractivity contribution >= 4 is 6.03 Å². The molecule has 1 aromatic heterocycles. The number of carbonyl (C=O) groups is 1. The molecule has 122 valence electrons. The van der Waals surface area contributed by atoms with Gasteiger partial charge in [0.2, 0.25) is 0 Å². The maximum atomic E-state index is 12.3. The molecule has 0 unspecified atom stereocenters. The van der Waals surface area contributed by atoms with Crippen LogP contribution in [-0.4, -0.2) is 63.3 Å². The molecule has 7 heteroatoms. The van der Waals surface area contributed by atoms with Gasteiger partial charge in [-0.1, -0.05) is 25.1 Å². The SMILES string of the molecule is CCN1CCN(C(=O)NCc2ccccc2-n2cncn2)CC1. The largest absolute Gasteiger partial charge is 0.334 e. The van der Waals surface area contributed by atoms with Crippen molar-refractivity contribution in [3.63, 3.8) is 0 Å². The number of hydrogen-bond donors (Lipinski definition) is 1. The van der Waals surface area contributed by atoms with Crippen molar-refractivity contribution < 1.29 is 4.79 Å². The second kappa shape index (κ2) is 7.23. The molecule has 2 aromatic rings. The van der Waals surface area contributed by atoms with Gasteiger partial charge < -0.3 is 15.1 Å². The fourth-order valence-electron chi connectivity index (χ4n) is 2.77. The van der Waals surface area contributed by atoms with Gasteiger partial charge in [-0.05, 0) is 18.2 Å². The lowest BCUT2D eigenvalue weighted by Crippen LogP contribution is -2.51. The summed E-state index contributed by atoms with van der Waals surface area (Å²) in [7, 11) is 0. The van der Waals surface area contributed by atoms with Gasteiger partial charge in [-0.15, -0.1) is 0 Å². The second-order valence-electron chi connectivity index (χ2n) is 5.55.